The third-order valence-electron chi connectivity index (χ3n) is 2.97. The number of fused-ring (bicyclic) bond motifs is 1. The van der Waals surface area contributed by atoms with Gasteiger partial charge < -0.3 is 0 Å². The molecule has 0 radical (unpaired) electrons. The Morgan fingerprint density at radius 3 is 2.79 bits per heavy atom. The highest BCUT2D eigenvalue weighted by atomic mass is 79.9. The molecule has 19 heavy (non-hydrogen) atoms. The van der Waals surface area contributed by atoms with Crippen molar-refractivity contribution in [2.75, 3.05) is 0 Å². The van der Waals surface area contributed by atoms with Crippen LogP contribution in [0.1, 0.15) is 0 Å². The van der Waals surface area contributed by atoms with Crippen molar-refractivity contribution in [3.63, 3.8) is 0 Å². The second kappa shape index (κ2) is 4.59. The molecule has 2 heterocycles. The van der Waals surface area contributed by atoms with E-state index in [0.717, 1.165) is 10.0 Å². The molecule has 0 fully saturated rings. The van der Waals surface area contributed by atoms with Crippen molar-refractivity contribution in [3.8, 4) is 11.4 Å². The first-order valence-corrected chi connectivity index (χ1v) is 6.53. The van der Waals surface area contributed by atoms with Gasteiger partial charge in [0, 0.05) is 29.5 Å². The predicted molar refractivity (Wildman–Crippen MR) is 77.9 cm³/mol. The van der Waals surface area contributed by atoms with E-state index in [4.69, 9.17) is 0 Å². The van der Waals surface area contributed by atoms with Crippen molar-refractivity contribution in [2.45, 2.75) is 0 Å². The lowest BCUT2D eigenvalue weighted by molar-refractivity contribution is 0.854. The fraction of sp³-hybridized carbons (Fsp3) is 0.0714. The van der Waals surface area contributed by atoms with Gasteiger partial charge in [-0.05, 0) is 40.2 Å². The Bertz CT molecular complexity index is 812. The number of aromatic nitrogens is 3. The molecule has 94 valence electrons. The van der Waals surface area contributed by atoms with Gasteiger partial charge >= 0.3 is 0 Å². The molecule has 3 aromatic rings. The maximum Gasteiger partial charge on any atom is 0.262 e. The lowest BCUT2D eigenvalue weighted by Crippen LogP contribution is -2.20. The van der Waals surface area contributed by atoms with Crippen molar-refractivity contribution < 1.29 is 0 Å². The summed E-state index contributed by atoms with van der Waals surface area (Å²) in [5.74, 6) is 0.615. The van der Waals surface area contributed by atoms with E-state index in [-0.39, 0.29) is 5.56 Å². The van der Waals surface area contributed by atoms with E-state index in [1.807, 2.05) is 30.3 Å². The molecule has 0 saturated carbocycles. The molecule has 3 rings (SSSR count). The number of rotatable bonds is 1. The van der Waals surface area contributed by atoms with Gasteiger partial charge in [-0.15, -0.1) is 0 Å². The summed E-state index contributed by atoms with van der Waals surface area (Å²) in [4.78, 5) is 21.0. The summed E-state index contributed by atoms with van der Waals surface area (Å²) < 4.78 is 2.31. The lowest BCUT2D eigenvalue weighted by atomic mass is 10.2. The molecule has 0 aliphatic heterocycles. The molecule has 0 saturated heterocycles. The Labute approximate surface area is 117 Å². The highest BCUT2D eigenvalue weighted by Crippen LogP contribution is 2.22. The van der Waals surface area contributed by atoms with Crippen LogP contribution >= 0.6 is 15.9 Å². The molecule has 0 aliphatic carbocycles. The Hall–Kier alpha value is -2.01. The summed E-state index contributed by atoms with van der Waals surface area (Å²) in [6.07, 6.45) is 3.39. The van der Waals surface area contributed by atoms with Crippen molar-refractivity contribution in [3.05, 3.63) is 57.6 Å². The highest BCUT2D eigenvalue weighted by molar-refractivity contribution is 9.10. The van der Waals surface area contributed by atoms with Crippen LogP contribution in [0, 0.1) is 0 Å². The summed E-state index contributed by atoms with van der Waals surface area (Å²) in [5.41, 5.74) is 1.43. The van der Waals surface area contributed by atoms with E-state index in [1.165, 1.54) is 0 Å². The summed E-state index contributed by atoms with van der Waals surface area (Å²) in [6, 6.07) is 9.26. The summed E-state index contributed by atoms with van der Waals surface area (Å²) in [5, 5.41) is 0.595. The number of hydrogen-bond acceptors (Lipinski definition) is 3. The first-order chi connectivity index (χ1) is 9.18. The lowest BCUT2D eigenvalue weighted by Gasteiger charge is -2.09. The monoisotopic (exact) mass is 315 g/mol. The average molecular weight is 316 g/mol. The van der Waals surface area contributed by atoms with Gasteiger partial charge in [0.15, 0.2) is 0 Å². The summed E-state index contributed by atoms with van der Waals surface area (Å²) in [6.45, 7) is 0. The van der Waals surface area contributed by atoms with E-state index in [9.17, 15) is 4.79 Å². The van der Waals surface area contributed by atoms with Gasteiger partial charge in [0.1, 0.15) is 5.82 Å². The Balaban J connectivity index is 2.41. The van der Waals surface area contributed by atoms with Gasteiger partial charge in [0.2, 0.25) is 0 Å². The Morgan fingerprint density at radius 2 is 2.05 bits per heavy atom. The normalized spacial score (nSPS) is 10.8. The quantitative estimate of drug-likeness (QED) is 0.693. The van der Waals surface area contributed by atoms with Crippen LogP contribution < -0.4 is 5.56 Å². The van der Waals surface area contributed by atoms with Gasteiger partial charge in [0.25, 0.3) is 5.56 Å². The Kier molecular flexibility index (Phi) is 2.91. The molecule has 2 aromatic heterocycles. The van der Waals surface area contributed by atoms with E-state index >= 15 is 0 Å². The topological polar surface area (TPSA) is 47.8 Å². The molecule has 0 bridgehead atoms. The predicted octanol–water partition coefficient (Wildman–Crippen LogP) is 2.76. The molecule has 0 spiro atoms. The standard InChI is InChI=1S/C14H10BrN3O/c1-18-13(9-4-3-7-16-8-9)17-11-6-2-5-10(15)12(11)14(18)19/h2-8H,1H3. The minimum Gasteiger partial charge on any atom is -0.295 e. The molecule has 5 heteroatoms. The maximum absolute atomic E-state index is 12.4. The van der Waals surface area contributed by atoms with E-state index in [0.29, 0.717) is 16.7 Å². The van der Waals surface area contributed by atoms with Gasteiger partial charge in [0.05, 0.1) is 10.9 Å². The van der Waals surface area contributed by atoms with Gasteiger partial charge in [-0.2, -0.15) is 0 Å². The van der Waals surface area contributed by atoms with Crippen LogP contribution in [0.15, 0.2) is 52.0 Å². The molecule has 0 unspecified atom stereocenters. The third-order valence-corrected chi connectivity index (χ3v) is 3.63. The van der Waals surface area contributed by atoms with Crippen LogP contribution in [0.4, 0.5) is 0 Å². The smallest absolute Gasteiger partial charge is 0.262 e. The maximum atomic E-state index is 12.4. The molecule has 0 N–H and O–H groups in total. The largest absolute Gasteiger partial charge is 0.295 e. The molecular weight excluding hydrogens is 306 g/mol. The van der Waals surface area contributed by atoms with Crippen LogP contribution in [-0.2, 0) is 7.05 Å². The van der Waals surface area contributed by atoms with Crippen molar-refractivity contribution >= 4 is 26.8 Å². The van der Waals surface area contributed by atoms with E-state index < -0.39 is 0 Å². The second-order valence-corrected chi connectivity index (χ2v) is 5.03. The number of nitrogens with zero attached hydrogens (tertiary/aromatic N) is 3. The van der Waals surface area contributed by atoms with Crippen LogP contribution in [0.25, 0.3) is 22.3 Å². The van der Waals surface area contributed by atoms with E-state index in [2.05, 4.69) is 25.9 Å². The van der Waals surface area contributed by atoms with Crippen molar-refractivity contribution in [1.82, 2.24) is 14.5 Å². The molecule has 0 aliphatic rings. The Morgan fingerprint density at radius 1 is 1.21 bits per heavy atom. The van der Waals surface area contributed by atoms with Gasteiger partial charge in [-0.1, -0.05) is 6.07 Å². The highest BCUT2D eigenvalue weighted by Gasteiger charge is 2.11. The number of hydrogen-bond donors (Lipinski definition) is 0. The van der Waals surface area contributed by atoms with Gasteiger partial charge in [-0.25, -0.2) is 4.98 Å². The number of pyridine rings is 1. The SMILES string of the molecule is Cn1c(-c2cccnc2)nc2cccc(Br)c2c1=O. The van der Waals surface area contributed by atoms with E-state index in [1.54, 1.807) is 24.0 Å². The summed E-state index contributed by atoms with van der Waals surface area (Å²) in [7, 11) is 1.72. The van der Waals surface area contributed by atoms with Crippen LogP contribution in [0.5, 0.6) is 0 Å². The zero-order valence-electron chi connectivity index (χ0n) is 10.2. The first-order valence-electron chi connectivity index (χ1n) is 5.74. The molecule has 0 atom stereocenters. The molecular formula is C14H10BrN3O. The average Bonchev–Trinajstić information content (AvgIpc) is 2.43. The van der Waals surface area contributed by atoms with Crippen LogP contribution in [0.2, 0.25) is 0 Å². The minimum absolute atomic E-state index is 0.0728. The molecule has 1 aromatic carbocycles. The van der Waals surface area contributed by atoms with Crippen LogP contribution in [-0.4, -0.2) is 14.5 Å². The zero-order chi connectivity index (χ0) is 13.4. The molecule has 0 amide bonds. The zero-order valence-corrected chi connectivity index (χ0v) is 11.8. The molecule has 4 nitrogen and oxygen atoms in total. The van der Waals surface area contributed by atoms with Gasteiger partial charge in [-0.3, -0.25) is 14.3 Å². The summed E-state index contributed by atoms with van der Waals surface area (Å²) >= 11 is 3.40. The fourth-order valence-corrected chi connectivity index (χ4v) is 2.55. The number of halogens is 1. The fourth-order valence-electron chi connectivity index (χ4n) is 2.02. The third kappa shape index (κ3) is 1.96. The first kappa shape index (κ1) is 12.0. The van der Waals surface area contributed by atoms with Crippen molar-refractivity contribution in [2.24, 2.45) is 7.05 Å². The number of benzene rings is 1. The minimum atomic E-state index is -0.0728. The van der Waals surface area contributed by atoms with Crippen LogP contribution in [0.3, 0.4) is 0 Å². The van der Waals surface area contributed by atoms with Crippen molar-refractivity contribution in [1.29, 1.82) is 0 Å². The second-order valence-electron chi connectivity index (χ2n) is 4.18.